The summed E-state index contributed by atoms with van der Waals surface area (Å²) in [6.45, 7) is 16.3. The van der Waals surface area contributed by atoms with Gasteiger partial charge in [-0.05, 0) is 61.2 Å². The number of rotatable bonds is 9. The van der Waals surface area contributed by atoms with Gasteiger partial charge in [-0.2, -0.15) is 0 Å². The third kappa shape index (κ3) is 6.98. The van der Waals surface area contributed by atoms with E-state index in [0.29, 0.717) is 17.1 Å². The minimum absolute atomic E-state index is 0.341. The summed E-state index contributed by atoms with van der Waals surface area (Å²) < 4.78 is 0. The van der Waals surface area contributed by atoms with E-state index in [2.05, 4.69) is 41.5 Å². The van der Waals surface area contributed by atoms with Gasteiger partial charge in [0.25, 0.3) is 0 Å². The molecule has 5 unspecified atom stereocenters. The highest BCUT2D eigenvalue weighted by Crippen LogP contribution is 2.48. The van der Waals surface area contributed by atoms with Crippen molar-refractivity contribution in [3.05, 3.63) is 0 Å². The molecule has 136 valence electrons. The molecule has 1 aliphatic rings. The van der Waals surface area contributed by atoms with Crippen molar-refractivity contribution in [2.75, 3.05) is 0 Å². The largest absolute Gasteiger partial charge is 0.300 e. The Bertz CT molecular complexity index is 357. The van der Waals surface area contributed by atoms with Gasteiger partial charge in [0.15, 0.2) is 0 Å². The molecule has 0 aliphatic heterocycles. The lowest BCUT2D eigenvalue weighted by Gasteiger charge is -2.46. The molecule has 1 aliphatic carbocycles. The number of hydrogen-bond acceptors (Lipinski definition) is 1. The molecule has 0 saturated heterocycles. The van der Waals surface area contributed by atoms with Gasteiger partial charge < -0.3 is 4.79 Å². The number of ketones is 1. The first-order valence-corrected chi connectivity index (χ1v) is 10.1. The van der Waals surface area contributed by atoms with Crippen LogP contribution in [0, 0.1) is 35.0 Å². The zero-order valence-corrected chi connectivity index (χ0v) is 17.0. The van der Waals surface area contributed by atoms with Crippen molar-refractivity contribution in [2.45, 2.75) is 99.8 Å². The molecule has 0 aromatic heterocycles. The van der Waals surface area contributed by atoms with Gasteiger partial charge in [-0.15, -0.1) is 0 Å². The van der Waals surface area contributed by atoms with Crippen LogP contribution in [-0.2, 0) is 4.79 Å². The van der Waals surface area contributed by atoms with Crippen LogP contribution in [0.2, 0.25) is 0 Å². The first-order chi connectivity index (χ1) is 10.6. The molecule has 1 saturated carbocycles. The maximum Gasteiger partial charge on any atom is 0.130 e. The number of hydrogen-bond donors (Lipinski definition) is 0. The second-order valence-corrected chi connectivity index (χ2v) is 9.59. The molecule has 1 rings (SSSR count). The van der Waals surface area contributed by atoms with Crippen LogP contribution in [0.1, 0.15) is 99.8 Å². The van der Waals surface area contributed by atoms with E-state index in [9.17, 15) is 4.79 Å². The summed E-state index contributed by atoms with van der Waals surface area (Å²) in [5, 5.41) is 0. The zero-order chi connectivity index (χ0) is 17.6. The Morgan fingerprint density at radius 1 is 1.09 bits per heavy atom. The van der Waals surface area contributed by atoms with Crippen LogP contribution in [0.4, 0.5) is 0 Å². The molecule has 1 fully saturated rings. The number of Topliss-reactive ketones (excluding diaryl/α,β-unsaturated/α-hetero) is 1. The Balaban J connectivity index is 2.31. The summed E-state index contributed by atoms with van der Waals surface area (Å²) in [5.41, 5.74) is 0.529. The van der Waals surface area contributed by atoms with Crippen molar-refractivity contribution in [3.8, 4) is 0 Å². The summed E-state index contributed by atoms with van der Waals surface area (Å²) in [6, 6.07) is 0. The van der Waals surface area contributed by atoms with Crippen LogP contribution >= 0.6 is 0 Å². The van der Waals surface area contributed by atoms with Crippen LogP contribution in [0.3, 0.4) is 0 Å². The molecule has 0 aromatic carbocycles. The lowest BCUT2D eigenvalue weighted by Crippen LogP contribution is -2.37. The van der Waals surface area contributed by atoms with Crippen molar-refractivity contribution in [1.29, 1.82) is 0 Å². The van der Waals surface area contributed by atoms with Gasteiger partial charge >= 0.3 is 0 Å². The Kier molecular flexibility index (Phi) is 8.31. The van der Waals surface area contributed by atoms with Crippen LogP contribution in [0.5, 0.6) is 0 Å². The van der Waals surface area contributed by atoms with Crippen LogP contribution in [0.15, 0.2) is 0 Å². The van der Waals surface area contributed by atoms with Gasteiger partial charge in [-0.25, -0.2) is 0 Å². The van der Waals surface area contributed by atoms with Crippen molar-refractivity contribution in [1.82, 2.24) is 0 Å². The smallest absolute Gasteiger partial charge is 0.130 e. The zero-order valence-electron chi connectivity index (χ0n) is 17.0. The Hall–Kier alpha value is -0.330. The van der Waals surface area contributed by atoms with Gasteiger partial charge in [0.2, 0.25) is 0 Å². The monoisotopic (exact) mass is 322 g/mol. The lowest BCUT2D eigenvalue weighted by atomic mass is 9.59. The molecule has 23 heavy (non-hydrogen) atoms. The molecular formula is C22H42O. The van der Waals surface area contributed by atoms with Crippen LogP contribution < -0.4 is 0 Å². The van der Waals surface area contributed by atoms with Gasteiger partial charge in [0, 0.05) is 6.42 Å². The minimum Gasteiger partial charge on any atom is -0.300 e. The van der Waals surface area contributed by atoms with E-state index in [-0.39, 0.29) is 0 Å². The third-order valence-electron chi connectivity index (χ3n) is 6.78. The second kappa shape index (κ2) is 9.23. The highest BCUT2D eigenvalue weighted by atomic mass is 16.1. The van der Waals surface area contributed by atoms with Crippen LogP contribution in [-0.4, -0.2) is 5.78 Å². The summed E-state index contributed by atoms with van der Waals surface area (Å²) in [6.07, 6.45) is 10.2. The molecule has 0 aromatic rings. The predicted octanol–water partition coefficient (Wildman–Crippen LogP) is 6.90. The Morgan fingerprint density at radius 3 is 2.30 bits per heavy atom. The molecule has 5 atom stereocenters. The summed E-state index contributed by atoms with van der Waals surface area (Å²) in [4.78, 5) is 11.1. The SMILES string of the molecule is CC(=O)CC(C)CCCC(C)CCC1C(C)C(C)CCC1(C)C. The van der Waals surface area contributed by atoms with E-state index in [1.807, 2.05) is 0 Å². The molecular weight excluding hydrogens is 280 g/mol. The fourth-order valence-corrected chi connectivity index (χ4v) is 4.83. The molecule has 0 bridgehead atoms. The van der Waals surface area contributed by atoms with E-state index in [4.69, 9.17) is 0 Å². The maximum absolute atomic E-state index is 11.1. The van der Waals surface area contributed by atoms with Gasteiger partial charge in [0.1, 0.15) is 5.78 Å². The lowest BCUT2D eigenvalue weighted by molar-refractivity contribution is -0.117. The van der Waals surface area contributed by atoms with E-state index < -0.39 is 0 Å². The highest BCUT2D eigenvalue weighted by molar-refractivity contribution is 5.75. The molecule has 0 amide bonds. The molecule has 1 nitrogen and oxygen atoms in total. The average molecular weight is 323 g/mol. The number of carbonyl (C=O) groups is 1. The van der Waals surface area contributed by atoms with Crippen molar-refractivity contribution < 1.29 is 4.79 Å². The molecule has 0 N–H and O–H groups in total. The maximum atomic E-state index is 11.1. The molecule has 1 heteroatoms. The van der Waals surface area contributed by atoms with E-state index in [0.717, 1.165) is 30.1 Å². The normalized spacial score (nSPS) is 30.0. The van der Waals surface area contributed by atoms with Crippen LogP contribution in [0.25, 0.3) is 0 Å². The molecule has 0 heterocycles. The van der Waals surface area contributed by atoms with Gasteiger partial charge in [-0.3, -0.25) is 0 Å². The van der Waals surface area contributed by atoms with Crippen molar-refractivity contribution >= 4 is 5.78 Å². The summed E-state index contributed by atoms with van der Waals surface area (Å²) in [5.74, 6) is 4.41. The summed E-state index contributed by atoms with van der Waals surface area (Å²) in [7, 11) is 0. The second-order valence-electron chi connectivity index (χ2n) is 9.59. The Morgan fingerprint density at radius 2 is 1.70 bits per heavy atom. The van der Waals surface area contributed by atoms with Crippen molar-refractivity contribution in [2.24, 2.45) is 35.0 Å². The van der Waals surface area contributed by atoms with Gasteiger partial charge in [-0.1, -0.05) is 67.2 Å². The van der Waals surface area contributed by atoms with E-state index in [1.165, 1.54) is 44.9 Å². The minimum atomic E-state index is 0.341. The fraction of sp³-hybridized carbons (Fsp3) is 0.955. The quantitative estimate of drug-likeness (QED) is 0.451. The third-order valence-corrected chi connectivity index (χ3v) is 6.78. The van der Waals surface area contributed by atoms with Crippen molar-refractivity contribution in [3.63, 3.8) is 0 Å². The standard InChI is InChI=1S/C22H42O/c1-16(9-8-10-17(2)15-19(4)23)11-12-21-20(5)18(3)13-14-22(21,6)7/h16-18,20-21H,8-15H2,1-7H3. The molecule has 0 spiro atoms. The van der Waals surface area contributed by atoms with E-state index in [1.54, 1.807) is 6.92 Å². The topological polar surface area (TPSA) is 17.1 Å². The average Bonchev–Trinajstić information content (AvgIpc) is 2.42. The first kappa shape index (κ1) is 20.7. The predicted molar refractivity (Wildman–Crippen MR) is 102 cm³/mol. The molecule has 0 radical (unpaired) electrons. The highest BCUT2D eigenvalue weighted by Gasteiger charge is 2.39. The number of carbonyl (C=O) groups excluding carboxylic acids is 1. The first-order valence-electron chi connectivity index (χ1n) is 10.1. The fourth-order valence-electron chi connectivity index (χ4n) is 4.83. The van der Waals surface area contributed by atoms with Gasteiger partial charge in [0.05, 0.1) is 0 Å². The summed E-state index contributed by atoms with van der Waals surface area (Å²) >= 11 is 0. The van der Waals surface area contributed by atoms with E-state index >= 15 is 0 Å². The Labute approximate surface area is 146 Å².